The van der Waals surface area contributed by atoms with E-state index >= 15 is 0 Å². The molecule has 0 unspecified atom stereocenters. The summed E-state index contributed by atoms with van der Waals surface area (Å²) in [4.78, 5) is 23.1. The van der Waals surface area contributed by atoms with Crippen LogP contribution in [0.1, 0.15) is 25.5 Å². The van der Waals surface area contributed by atoms with Crippen molar-refractivity contribution >= 4 is 29.2 Å². The Morgan fingerprint density at radius 3 is 2.58 bits per heavy atom. The zero-order chi connectivity index (χ0) is 18.9. The number of rotatable bonds is 7. The van der Waals surface area contributed by atoms with Crippen LogP contribution in [0.4, 0.5) is 10.5 Å². The molecule has 0 saturated heterocycles. The predicted molar refractivity (Wildman–Crippen MR) is 103 cm³/mol. The van der Waals surface area contributed by atoms with Crippen LogP contribution in [-0.4, -0.2) is 25.1 Å². The molecule has 0 aliphatic rings. The average molecular weight is 376 g/mol. The summed E-state index contributed by atoms with van der Waals surface area (Å²) in [6, 6.07) is 13.9. The van der Waals surface area contributed by atoms with Crippen molar-refractivity contribution in [1.82, 2.24) is 10.6 Å². The molecule has 138 valence electrons. The van der Waals surface area contributed by atoms with Gasteiger partial charge in [-0.3, -0.25) is 4.79 Å². The molecular weight excluding hydrogens is 354 g/mol. The van der Waals surface area contributed by atoms with E-state index in [-0.39, 0.29) is 18.0 Å². The van der Waals surface area contributed by atoms with Crippen LogP contribution in [0.15, 0.2) is 48.5 Å². The largest absolute Gasteiger partial charge is 0.492 e. The molecule has 0 radical (unpaired) electrons. The van der Waals surface area contributed by atoms with Crippen molar-refractivity contribution < 1.29 is 14.3 Å². The Morgan fingerprint density at radius 1 is 1.15 bits per heavy atom. The lowest BCUT2D eigenvalue weighted by Gasteiger charge is -2.16. The fraction of sp³-hybridized carbons (Fsp3) is 0.263. The van der Waals surface area contributed by atoms with E-state index in [1.54, 1.807) is 30.3 Å². The number of carbonyl (C=O) groups is 2. The van der Waals surface area contributed by atoms with Crippen LogP contribution in [0.3, 0.4) is 0 Å². The summed E-state index contributed by atoms with van der Waals surface area (Å²) >= 11 is 5.81. The molecule has 2 aromatic carbocycles. The van der Waals surface area contributed by atoms with Crippen molar-refractivity contribution in [3.63, 3.8) is 0 Å². The molecule has 1 atom stereocenters. The lowest BCUT2D eigenvalue weighted by Crippen LogP contribution is -2.39. The highest BCUT2D eigenvalue weighted by Gasteiger charge is 2.10. The van der Waals surface area contributed by atoms with Crippen LogP contribution < -0.4 is 20.7 Å². The molecule has 0 spiro atoms. The second-order valence-electron chi connectivity index (χ2n) is 5.73. The third-order valence-corrected chi connectivity index (χ3v) is 3.78. The molecule has 3 N–H and O–H groups in total. The maximum Gasteiger partial charge on any atom is 0.315 e. The van der Waals surface area contributed by atoms with Gasteiger partial charge >= 0.3 is 6.03 Å². The second-order valence-corrected chi connectivity index (χ2v) is 6.17. The van der Waals surface area contributed by atoms with Gasteiger partial charge in [-0.25, -0.2) is 4.79 Å². The second kappa shape index (κ2) is 9.68. The van der Waals surface area contributed by atoms with Crippen LogP contribution in [0.25, 0.3) is 0 Å². The van der Waals surface area contributed by atoms with E-state index in [1.807, 2.05) is 25.1 Å². The monoisotopic (exact) mass is 375 g/mol. The average Bonchev–Trinajstić information content (AvgIpc) is 2.60. The van der Waals surface area contributed by atoms with Gasteiger partial charge < -0.3 is 20.7 Å². The van der Waals surface area contributed by atoms with Gasteiger partial charge in [0.25, 0.3) is 0 Å². The van der Waals surface area contributed by atoms with E-state index in [1.165, 1.54) is 6.92 Å². The lowest BCUT2D eigenvalue weighted by molar-refractivity contribution is -0.114. The van der Waals surface area contributed by atoms with Gasteiger partial charge in [-0.1, -0.05) is 23.7 Å². The van der Waals surface area contributed by atoms with Gasteiger partial charge in [-0.15, -0.1) is 0 Å². The van der Waals surface area contributed by atoms with Crippen LogP contribution in [0.5, 0.6) is 5.75 Å². The first-order valence-electron chi connectivity index (χ1n) is 8.24. The first-order valence-corrected chi connectivity index (χ1v) is 8.62. The molecule has 0 saturated carbocycles. The number of carbonyl (C=O) groups excluding carboxylic acids is 2. The molecule has 0 fully saturated rings. The SMILES string of the molecule is CC(=O)Nc1cccc([C@H](C)NC(=O)NCCOc2ccc(Cl)cc2)c1. The molecular formula is C19H22ClN3O3. The number of ether oxygens (including phenoxy) is 1. The summed E-state index contributed by atoms with van der Waals surface area (Å²) in [6.07, 6.45) is 0. The van der Waals surface area contributed by atoms with Gasteiger partial charge in [-0.2, -0.15) is 0 Å². The first-order chi connectivity index (χ1) is 12.4. The molecule has 6 nitrogen and oxygen atoms in total. The molecule has 0 aromatic heterocycles. The maximum atomic E-state index is 12.0. The molecule has 0 aliphatic carbocycles. The van der Waals surface area contributed by atoms with Gasteiger partial charge in [0.05, 0.1) is 12.6 Å². The van der Waals surface area contributed by atoms with E-state index in [0.29, 0.717) is 29.6 Å². The Morgan fingerprint density at radius 2 is 1.88 bits per heavy atom. The third kappa shape index (κ3) is 6.64. The van der Waals surface area contributed by atoms with E-state index in [4.69, 9.17) is 16.3 Å². The van der Waals surface area contributed by atoms with Crippen molar-refractivity contribution in [2.24, 2.45) is 0 Å². The topological polar surface area (TPSA) is 79.5 Å². The lowest BCUT2D eigenvalue weighted by atomic mass is 10.1. The van der Waals surface area contributed by atoms with Gasteiger partial charge in [0.1, 0.15) is 12.4 Å². The summed E-state index contributed by atoms with van der Waals surface area (Å²) in [7, 11) is 0. The van der Waals surface area contributed by atoms with Crippen molar-refractivity contribution in [2.75, 3.05) is 18.5 Å². The van der Waals surface area contributed by atoms with Gasteiger partial charge in [0, 0.05) is 17.6 Å². The maximum absolute atomic E-state index is 12.0. The summed E-state index contributed by atoms with van der Waals surface area (Å²) in [5, 5.41) is 8.96. The van der Waals surface area contributed by atoms with Crippen molar-refractivity contribution in [3.05, 3.63) is 59.1 Å². The van der Waals surface area contributed by atoms with Crippen molar-refractivity contribution in [2.45, 2.75) is 19.9 Å². The summed E-state index contributed by atoms with van der Waals surface area (Å²) in [6.45, 7) is 4.04. The molecule has 0 heterocycles. The number of benzene rings is 2. The molecule has 3 amide bonds. The van der Waals surface area contributed by atoms with E-state index < -0.39 is 0 Å². The van der Waals surface area contributed by atoms with Crippen LogP contribution >= 0.6 is 11.6 Å². The van der Waals surface area contributed by atoms with Gasteiger partial charge in [0.15, 0.2) is 0 Å². The highest BCUT2D eigenvalue weighted by molar-refractivity contribution is 6.30. The summed E-state index contributed by atoms with van der Waals surface area (Å²) in [5.41, 5.74) is 1.59. The minimum atomic E-state index is -0.290. The zero-order valence-corrected chi connectivity index (χ0v) is 15.5. The first kappa shape index (κ1) is 19.6. The Hall–Kier alpha value is -2.73. The quantitative estimate of drug-likeness (QED) is 0.645. The highest BCUT2D eigenvalue weighted by atomic mass is 35.5. The Labute approximate surface area is 157 Å². The number of hydrogen-bond acceptors (Lipinski definition) is 3. The molecule has 26 heavy (non-hydrogen) atoms. The minimum absolute atomic E-state index is 0.138. The van der Waals surface area contributed by atoms with Crippen molar-refractivity contribution in [3.8, 4) is 5.75 Å². The fourth-order valence-electron chi connectivity index (χ4n) is 2.28. The van der Waals surface area contributed by atoms with Crippen LogP contribution in [-0.2, 0) is 4.79 Å². The smallest absolute Gasteiger partial charge is 0.315 e. The molecule has 2 rings (SSSR count). The number of amides is 3. The molecule has 0 bridgehead atoms. The number of anilines is 1. The van der Waals surface area contributed by atoms with Gasteiger partial charge in [-0.05, 0) is 48.9 Å². The third-order valence-electron chi connectivity index (χ3n) is 3.52. The van der Waals surface area contributed by atoms with E-state index in [2.05, 4.69) is 16.0 Å². The number of hydrogen-bond donors (Lipinski definition) is 3. The van der Waals surface area contributed by atoms with Crippen LogP contribution in [0, 0.1) is 0 Å². The van der Waals surface area contributed by atoms with Crippen LogP contribution in [0.2, 0.25) is 5.02 Å². The van der Waals surface area contributed by atoms with E-state index in [9.17, 15) is 9.59 Å². The fourth-order valence-corrected chi connectivity index (χ4v) is 2.41. The standard InChI is InChI=1S/C19H22ClN3O3/c1-13(15-4-3-5-17(12-15)23-14(2)24)22-19(25)21-10-11-26-18-8-6-16(20)7-9-18/h3-9,12-13H,10-11H2,1-2H3,(H,23,24)(H2,21,22,25)/t13-/m0/s1. The number of urea groups is 1. The van der Waals surface area contributed by atoms with Gasteiger partial charge in [0.2, 0.25) is 5.91 Å². The Balaban J connectivity index is 1.74. The summed E-state index contributed by atoms with van der Waals surface area (Å²) in [5.74, 6) is 0.556. The normalized spacial score (nSPS) is 11.3. The molecule has 0 aliphatic heterocycles. The Kier molecular flexibility index (Phi) is 7.29. The number of halogens is 1. The highest BCUT2D eigenvalue weighted by Crippen LogP contribution is 2.17. The van der Waals surface area contributed by atoms with E-state index in [0.717, 1.165) is 5.56 Å². The molecule has 7 heteroatoms. The zero-order valence-electron chi connectivity index (χ0n) is 14.7. The predicted octanol–water partition coefficient (Wildman–Crippen LogP) is 3.74. The minimum Gasteiger partial charge on any atom is -0.492 e. The Bertz CT molecular complexity index is 750. The number of nitrogens with one attached hydrogen (secondary N) is 3. The summed E-state index contributed by atoms with van der Waals surface area (Å²) < 4.78 is 5.51. The molecule has 2 aromatic rings. The van der Waals surface area contributed by atoms with Crippen molar-refractivity contribution in [1.29, 1.82) is 0 Å².